The van der Waals surface area contributed by atoms with Crippen molar-refractivity contribution in [2.24, 2.45) is 0 Å². The normalized spacial score (nSPS) is 13.9. The third-order valence-electron chi connectivity index (χ3n) is 5.76. The Hall–Kier alpha value is -2.93. The fourth-order valence-electron chi connectivity index (χ4n) is 4.10. The second kappa shape index (κ2) is 9.69. The zero-order valence-corrected chi connectivity index (χ0v) is 20.2. The van der Waals surface area contributed by atoms with Crippen molar-refractivity contribution in [1.29, 1.82) is 0 Å². The number of anilines is 1. The molecule has 0 aliphatic carbocycles. The van der Waals surface area contributed by atoms with Gasteiger partial charge in [0, 0.05) is 53.9 Å². The largest absolute Gasteiger partial charge is 0.497 e. The van der Waals surface area contributed by atoms with E-state index in [1.54, 1.807) is 7.11 Å². The van der Waals surface area contributed by atoms with Crippen molar-refractivity contribution < 1.29 is 9.53 Å². The van der Waals surface area contributed by atoms with E-state index < -0.39 is 0 Å². The molecule has 0 unspecified atom stereocenters. The number of aryl methyl sites for hydroxylation is 2. The second-order valence-corrected chi connectivity index (χ2v) is 8.89. The molecule has 2 aromatic carbocycles. The molecular formula is C25H27BrN4O2. The lowest BCUT2D eigenvalue weighted by molar-refractivity contribution is 0.0746. The maximum absolute atomic E-state index is 12.9. The van der Waals surface area contributed by atoms with Gasteiger partial charge in [0.1, 0.15) is 17.4 Å². The summed E-state index contributed by atoms with van der Waals surface area (Å²) in [4.78, 5) is 26.5. The maximum atomic E-state index is 12.9. The molecule has 1 fully saturated rings. The molecule has 1 amide bonds. The quantitative estimate of drug-likeness (QED) is 0.525. The number of piperazine rings is 1. The Kier molecular flexibility index (Phi) is 6.74. The molecule has 166 valence electrons. The summed E-state index contributed by atoms with van der Waals surface area (Å²) in [5, 5.41) is 0. The highest BCUT2D eigenvalue weighted by atomic mass is 79.9. The van der Waals surface area contributed by atoms with E-state index >= 15 is 0 Å². The summed E-state index contributed by atoms with van der Waals surface area (Å²) < 4.78 is 6.30. The molecule has 2 heterocycles. The van der Waals surface area contributed by atoms with Crippen LogP contribution in [0.3, 0.4) is 0 Å². The molecular weight excluding hydrogens is 468 g/mol. The minimum absolute atomic E-state index is 0.0672. The van der Waals surface area contributed by atoms with E-state index in [1.165, 1.54) is 0 Å². The molecule has 1 saturated heterocycles. The molecule has 0 N–H and O–H groups in total. The summed E-state index contributed by atoms with van der Waals surface area (Å²) in [6.45, 7) is 6.76. The molecule has 0 radical (unpaired) electrons. The zero-order chi connectivity index (χ0) is 22.7. The van der Waals surface area contributed by atoms with Crippen LogP contribution >= 0.6 is 15.9 Å². The summed E-state index contributed by atoms with van der Waals surface area (Å²) in [5.41, 5.74) is 3.98. The average Bonchev–Trinajstić information content (AvgIpc) is 2.80. The van der Waals surface area contributed by atoms with E-state index in [-0.39, 0.29) is 5.91 Å². The van der Waals surface area contributed by atoms with E-state index in [9.17, 15) is 4.79 Å². The monoisotopic (exact) mass is 494 g/mol. The number of carbonyl (C=O) groups excluding carboxylic acids is 1. The maximum Gasteiger partial charge on any atom is 0.254 e. The van der Waals surface area contributed by atoms with Gasteiger partial charge < -0.3 is 14.5 Å². The van der Waals surface area contributed by atoms with Crippen LogP contribution in [-0.4, -0.2) is 54.1 Å². The van der Waals surface area contributed by atoms with Crippen molar-refractivity contribution in [3.05, 3.63) is 81.2 Å². The molecule has 4 rings (SSSR count). The first kappa shape index (κ1) is 22.3. The number of hydrogen-bond acceptors (Lipinski definition) is 5. The van der Waals surface area contributed by atoms with Gasteiger partial charge in [-0.2, -0.15) is 0 Å². The van der Waals surface area contributed by atoms with Crippen molar-refractivity contribution in [2.75, 3.05) is 38.2 Å². The lowest BCUT2D eigenvalue weighted by Gasteiger charge is -2.36. The van der Waals surface area contributed by atoms with Gasteiger partial charge in [0.2, 0.25) is 0 Å². The van der Waals surface area contributed by atoms with Crippen LogP contribution < -0.4 is 9.64 Å². The number of carbonyl (C=O) groups is 1. The lowest BCUT2D eigenvalue weighted by atomic mass is 10.0. The van der Waals surface area contributed by atoms with Crippen LogP contribution in [0.15, 0.2) is 53.0 Å². The number of methoxy groups -OCH3 is 1. The van der Waals surface area contributed by atoms with Crippen molar-refractivity contribution in [3.63, 3.8) is 0 Å². The van der Waals surface area contributed by atoms with Gasteiger partial charge in [-0.3, -0.25) is 4.79 Å². The van der Waals surface area contributed by atoms with Crippen molar-refractivity contribution in [3.8, 4) is 5.75 Å². The van der Waals surface area contributed by atoms with Crippen LogP contribution in [0.4, 0.5) is 5.82 Å². The van der Waals surface area contributed by atoms with Gasteiger partial charge in [0.05, 0.1) is 7.11 Å². The van der Waals surface area contributed by atoms with E-state index in [1.807, 2.05) is 55.1 Å². The van der Waals surface area contributed by atoms with Crippen LogP contribution in [0.1, 0.15) is 33.0 Å². The topological polar surface area (TPSA) is 58.6 Å². The molecule has 1 aromatic heterocycles. The van der Waals surface area contributed by atoms with Gasteiger partial charge >= 0.3 is 0 Å². The Balaban J connectivity index is 1.53. The minimum Gasteiger partial charge on any atom is -0.497 e. The molecule has 1 aliphatic heterocycles. The van der Waals surface area contributed by atoms with E-state index in [2.05, 4.69) is 37.9 Å². The Labute approximate surface area is 197 Å². The number of benzene rings is 2. The predicted molar refractivity (Wildman–Crippen MR) is 130 cm³/mol. The number of ether oxygens (including phenoxy) is 1. The van der Waals surface area contributed by atoms with Crippen LogP contribution in [0.2, 0.25) is 0 Å². The molecule has 0 bridgehead atoms. The zero-order valence-electron chi connectivity index (χ0n) is 18.6. The summed E-state index contributed by atoms with van der Waals surface area (Å²) in [7, 11) is 1.68. The molecule has 0 saturated carbocycles. The van der Waals surface area contributed by atoms with Gasteiger partial charge in [-0.1, -0.05) is 34.1 Å². The van der Waals surface area contributed by atoms with Gasteiger partial charge in [0.15, 0.2) is 0 Å². The van der Waals surface area contributed by atoms with E-state index in [0.717, 1.165) is 58.2 Å². The first-order valence-electron chi connectivity index (χ1n) is 10.7. The first-order valence-corrected chi connectivity index (χ1v) is 11.5. The van der Waals surface area contributed by atoms with Crippen LogP contribution in [0.5, 0.6) is 5.75 Å². The molecule has 6 nitrogen and oxygen atoms in total. The number of amides is 1. The average molecular weight is 495 g/mol. The van der Waals surface area contributed by atoms with Crippen LogP contribution in [0, 0.1) is 13.8 Å². The molecule has 3 aromatic rings. The van der Waals surface area contributed by atoms with Crippen molar-refractivity contribution in [1.82, 2.24) is 14.9 Å². The van der Waals surface area contributed by atoms with Crippen molar-refractivity contribution in [2.45, 2.75) is 20.3 Å². The van der Waals surface area contributed by atoms with E-state index in [0.29, 0.717) is 18.7 Å². The van der Waals surface area contributed by atoms with Gasteiger partial charge in [-0.05, 0) is 49.7 Å². The van der Waals surface area contributed by atoms with Crippen LogP contribution in [0.25, 0.3) is 0 Å². The fraction of sp³-hybridized carbons (Fsp3) is 0.320. The number of rotatable bonds is 5. The summed E-state index contributed by atoms with van der Waals surface area (Å²) in [5.74, 6) is 2.64. The van der Waals surface area contributed by atoms with Gasteiger partial charge in [-0.15, -0.1) is 0 Å². The Morgan fingerprint density at radius 1 is 1.03 bits per heavy atom. The predicted octanol–water partition coefficient (Wildman–Crippen LogP) is 4.42. The van der Waals surface area contributed by atoms with Gasteiger partial charge in [0.25, 0.3) is 5.91 Å². The summed E-state index contributed by atoms with van der Waals surface area (Å²) in [6.07, 6.45) is 0.732. The number of halogens is 1. The third kappa shape index (κ3) is 4.93. The highest BCUT2D eigenvalue weighted by Gasteiger charge is 2.25. The number of hydrogen-bond donors (Lipinski definition) is 0. The fourth-order valence-corrected chi connectivity index (χ4v) is 4.50. The Morgan fingerprint density at radius 2 is 1.78 bits per heavy atom. The van der Waals surface area contributed by atoms with Gasteiger partial charge in [-0.25, -0.2) is 9.97 Å². The number of nitrogens with zero attached hydrogens (tertiary/aromatic N) is 4. The van der Waals surface area contributed by atoms with Crippen molar-refractivity contribution >= 4 is 27.7 Å². The molecule has 7 heteroatoms. The Bertz CT molecular complexity index is 1130. The Morgan fingerprint density at radius 3 is 2.50 bits per heavy atom. The molecule has 32 heavy (non-hydrogen) atoms. The SMILES string of the molecule is COc1cccc(Cc2c(C)nc(C)nc2N2CCN(C(=O)c3cccc(Br)c3)CC2)c1. The standard InChI is InChI=1S/C25H27BrN4O2/c1-17-23(15-19-6-4-9-22(14-19)32-3)24(28-18(2)27-17)29-10-12-30(13-11-29)25(31)20-7-5-8-21(26)16-20/h4-9,14,16H,10-13,15H2,1-3H3. The highest BCUT2D eigenvalue weighted by molar-refractivity contribution is 9.10. The van der Waals surface area contributed by atoms with Crippen LogP contribution in [-0.2, 0) is 6.42 Å². The first-order chi connectivity index (χ1) is 15.4. The summed E-state index contributed by atoms with van der Waals surface area (Å²) in [6, 6.07) is 15.7. The van der Waals surface area contributed by atoms with E-state index in [4.69, 9.17) is 9.72 Å². The molecule has 0 atom stereocenters. The smallest absolute Gasteiger partial charge is 0.254 e. The summed E-state index contributed by atoms with van der Waals surface area (Å²) >= 11 is 3.45. The lowest BCUT2D eigenvalue weighted by Crippen LogP contribution is -2.49. The minimum atomic E-state index is 0.0672. The third-order valence-corrected chi connectivity index (χ3v) is 6.25. The highest BCUT2D eigenvalue weighted by Crippen LogP contribution is 2.26. The second-order valence-electron chi connectivity index (χ2n) is 7.98. The molecule has 1 aliphatic rings. The number of aromatic nitrogens is 2. The molecule has 0 spiro atoms.